The van der Waals surface area contributed by atoms with Gasteiger partial charge in [0.2, 0.25) is 0 Å². The smallest absolute Gasteiger partial charge is 0.277 e. The minimum Gasteiger partial charge on any atom is -0.497 e. The first-order valence-electron chi connectivity index (χ1n) is 9.44. The number of carbonyl (C=O) groups is 1. The Labute approximate surface area is 165 Å². The van der Waals surface area contributed by atoms with Crippen LogP contribution in [0.1, 0.15) is 29.8 Å². The highest BCUT2D eigenvalue weighted by molar-refractivity contribution is 5.84. The lowest BCUT2D eigenvalue weighted by atomic mass is 10.2. The van der Waals surface area contributed by atoms with Gasteiger partial charge in [0, 0.05) is 30.1 Å². The normalized spacial score (nSPS) is 16.5. The maximum Gasteiger partial charge on any atom is 0.277 e. The zero-order valence-corrected chi connectivity index (χ0v) is 16.6. The van der Waals surface area contributed by atoms with Gasteiger partial charge in [0.25, 0.3) is 5.91 Å². The van der Waals surface area contributed by atoms with Crippen molar-refractivity contribution in [2.24, 2.45) is 5.10 Å². The number of hydrogen-bond acceptors (Lipinski definition) is 5. The summed E-state index contributed by atoms with van der Waals surface area (Å²) in [5, 5.41) is 4.06. The highest BCUT2D eigenvalue weighted by atomic mass is 16.5. The molecule has 150 valence electrons. The standard InChI is InChI=1S/C21H27N3O4/c1-15-11-17(16(2)24(15)13-20-5-4-10-27-20)12-22-23-21(25)14-28-19-8-6-18(26-3)7-9-19/h6-9,11-12,20H,4-5,10,13-14H2,1-3H3,(H,23,25)/b22-12-/t20-/m1/s1. The quantitative estimate of drug-likeness (QED) is 0.560. The molecule has 1 N–H and O–H groups in total. The largest absolute Gasteiger partial charge is 0.497 e. The second-order valence-corrected chi connectivity index (χ2v) is 6.83. The first-order valence-corrected chi connectivity index (χ1v) is 9.44. The number of aryl methyl sites for hydroxylation is 1. The summed E-state index contributed by atoms with van der Waals surface area (Å²) >= 11 is 0. The lowest BCUT2D eigenvalue weighted by Gasteiger charge is -2.14. The fourth-order valence-corrected chi connectivity index (χ4v) is 3.26. The lowest BCUT2D eigenvalue weighted by molar-refractivity contribution is -0.123. The molecule has 0 aliphatic carbocycles. The van der Waals surface area contributed by atoms with Crippen molar-refractivity contribution in [3.63, 3.8) is 0 Å². The number of hydrazone groups is 1. The first kappa shape index (κ1) is 19.9. The van der Waals surface area contributed by atoms with E-state index in [0.29, 0.717) is 5.75 Å². The van der Waals surface area contributed by atoms with Crippen molar-refractivity contribution in [1.29, 1.82) is 0 Å². The molecule has 1 saturated heterocycles. The van der Waals surface area contributed by atoms with Crippen molar-refractivity contribution in [1.82, 2.24) is 9.99 Å². The number of nitrogens with zero attached hydrogens (tertiary/aromatic N) is 2. The summed E-state index contributed by atoms with van der Waals surface area (Å²) in [4.78, 5) is 11.9. The van der Waals surface area contributed by atoms with Gasteiger partial charge in [0.15, 0.2) is 6.61 Å². The number of methoxy groups -OCH3 is 1. The van der Waals surface area contributed by atoms with Crippen molar-refractivity contribution < 1.29 is 19.0 Å². The van der Waals surface area contributed by atoms with E-state index in [4.69, 9.17) is 14.2 Å². The number of ether oxygens (including phenoxy) is 3. The third-order valence-electron chi connectivity index (χ3n) is 4.85. The summed E-state index contributed by atoms with van der Waals surface area (Å²) in [6.45, 7) is 5.72. The molecular formula is C21H27N3O4. The van der Waals surface area contributed by atoms with Crippen LogP contribution in [0, 0.1) is 13.8 Å². The molecule has 28 heavy (non-hydrogen) atoms. The molecule has 0 spiro atoms. The van der Waals surface area contributed by atoms with Crippen LogP contribution in [-0.4, -0.2) is 43.1 Å². The van der Waals surface area contributed by atoms with Crippen LogP contribution >= 0.6 is 0 Å². The molecule has 1 aliphatic heterocycles. The van der Waals surface area contributed by atoms with Crippen LogP contribution < -0.4 is 14.9 Å². The highest BCUT2D eigenvalue weighted by Crippen LogP contribution is 2.19. The Morgan fingerprint density at radius 2 is 2.07 bits per heavy atom. The van der Waals surface area contributed by atoms with Gasteiger partial charge in [-0.25, -0.2) is 5.43 Å². The second-order valence-electron chi connectivity index (χ2n) is 6.83. The zero-order chi connectivity index (χ0) is 19.9. The number of aromatic nitrogens is 1. The third-order valence-corrected chi connectivity index (χ3v) is 4.85. The van der Waals surface area contributed by atoms with Crippen LogP contribution in [0.25, 0.3) is 0 Å². The SMILES string of the molecule is COc1ccc(OCC(=O)N/N=C\c2cc(C)n(C[C@H]3CCCO3)c2C)cc1. The molecule has 2 aromatic rings. The molecule has 1 amide bonds. The Balaban J connectivity index is 1.50. The molecule has 1 atom stereocenters. The second kappa shape index (κ2) is 9.41. The Morgan fingerprint density at radius 1 is 1.32 bits per heavy atom. The van der Waals surface area contributed by atoms with Crippen LogP contribution in [0.2, 0.25) is 0 Å². The van der Waals surface area contributed by atoms with Gasteiger partial charge in [-0.15, -0.1) is 0 Å². The molecule has 2 heterocycles. The Bertz CT molecular complexity index is 821. The fraction of sp³-hybridized carbons (Fsp3) is 0.429. The molecule has 0 saturated carbocycles. The van der Waals surface area contributed by atoms with E-state index in [9.17, 15) is 4.79 Å². The van der Waals surface area contributed by atoms with E-state index >= 15 is 0 Å². The van der Waals surface area contributed by atoms with E-state index in [1.807, 2.05) is 0 Å². The summed E-state index contributed by atoms with van der Waals surface area (Å²) < 4.78 is 18.5. The van der Waals surface area contributed by atoms with Gasteiger partial charge in [0.05, 0.1) is 19.4 Å². The number of amides is 1. The van der Waals surface area contributed by atoms with Crippen LogP contribution in [-0.2, 0) is 16.1 Å². The van der Waals surface area contributed by atoms with Gasteiger partial charge < -0.3 is 18.8 Å². The number of benzene rings is 1. The molecular weight excluding hydrogens is 358 g/mol. The summed E-state index contributed by atoms with van der Waals surface area (Å²) in [7, 11) is 1.60. The first-order chi connectivity index (χ1) is 13.6. The van der Waals surface area contributed by atoms with Crippen LogP contribution in [0.3, 0.4) is 0 Å². The predicted octanol–water partition coefficient (Wildman–Crippen LogP) is 2.82. The topological polar surface area (TPSA) is 74.1 Å². The van der Waals surface area contributed by atoms with E-state index in [0.717, 1.165) is 48.7 Å². The van der Waals surface area contributed by atoms with Gasteiger partial charge in [-0.1, -0.05) is 0 Å². The van der Waals surface area contributed by atoms with Gasteiger partial charge in [-0.05, 0) is 57.0 Å². The predicted molar refractivity (Wildman–Crippen MR) is 107 cm³/mol. The van der Waals surface area contributed by atoms with Gasteiger partial charge >= 0.3 is 0 Å². The molecule has 0 unspecified atom stereocenters. The Hall–Kier alpha value is -2.80. The summed E-state index contributed by atoms with van der Waals surface area (Å²) in [6.07, 6.45) is 4.18. The molecule has 1 aliphatic rings. The summed E-state index contributed by atoms with van der Waals surface area (Å²) in [5.74, 6) is 1.01. The van der Waals surface area contributed by atoms with Gasteiger partial charge in [0.1, 0.15) is 11.5 Å². The Morgan fingerprint density at radius 3 is 2.75 bits per heavy atom. The number of carbonyl (C=O) groups excluding carboxylic acids is 1. The minimum atomic E-state index is -0.319. The number of rotatable bonds is 8. The number of nitrogens with one attached hydrogen (secondary N) is 1. The average Bonchev–Trinajstić information content (AvgIpc) is 3.31. The van der Waals surface area contributed by atoms with E-state index in [2.05, 4.69) is 35.0 Å². The van der Waals surface area contributed by atoms with Crippen molar-refractivity contribution in [2.75, 3.05) is 20.3 Å². The van der Waals surface area contributed by atoms with E-state index < -0.39 is 0 Å². The van der Waals surface area contributed by atoms with Gasteiger partial charge in [-0.3, -0.25) is 4.79 Å². The molecule has 0 bridgehead atoms. The number of hydrogen-bond donors (Lipinski definition) is 1. The van der Waals surface area contributed by atoms with Crippen LogP contribution in [0.5, 0.6) is 11.5 Å². The van der Waals surface area contributed by atoms with Crippen molar-refractivity contribution in [3.05, 3.63) is 47.3 Å². The zero-order valence-electron chi connectivity index (χ0n) is 16.6. The summed E-state index contributed by atoms with van der Waals surface area (Å²) in [6, 6.07) is 9.11. The molecule has 1 aromatic carbocycles. The molecule has 0 radical (unpaired) electrons. The minimum absolute atomic E-state index is 0.109. The summed E-state index contributed by atoms with van der Waals surface area (Å²) in [5.41, 5.74) is 5.75. The monoisotopic (exact) mass is 385 g/mol. The molecule has 7 heteroatoms. The molecule has 7 nitrogen and oxygen atoms in total. The van der Waals surface area contributed by atoms with Crippen LogP contribution in [0.15, 0.2) is 35.4 Å². The molecule has 3 rings (SSSR count). The maximum atomic E-state index is 11.9. The van der Waals surface area contributed by atoms with Gasteiger partial charge in [-0.2, -0.15) is 5.10 Å². The van der Waals surface area contributed by atoms with E-state index in [-0.39, 0.29) is 18.6 Å². The Kier molecular flexibility index (Phi) is 6.71. The van der Waals surface area contributed by atoms with Crippen molar-refractivity contribution >= 4 is 12.1 Å². The van der Waals surface area contributed by atoms with E-state index in [1.54, 1.807) is 37.6 Å². The molecule has 1 aromatic heterocycles. The maximum absolute atomic E-state index is 11.9. The average molecular weight is 385 g/mol. The third kappa shape index (κ3) is 5.13. The van der Waals surface area contributed by atoms with Crippen LogP contribution in [0.4, 0.5) is 0 Å². The highest BCUT2D eigenvalue weighted by Gasteiger charge is 2.18. The fourth-order valence-electron chi connectivity index (χ4n) is 3.26. The van der Waals surface area contributed by atoms with Crippen molar-refractivity contribution in [3.8, 4) is 11.5 Å². The van der Waals surface area contributed by atoms with E-state index in [1.165, 1.54) is 0 Å². The molecule has 1 fully saturated rings. The lowest BCUT2D eigenvalue weighted by Crippen LogP contribution is -2.24. The van der Waals surface area contributed by atoms with Crippen molar-refractivity contribution in [2.45, 2.75) is 39.3 Å².